The Labute approximate surface area is 231 Å². The highest BCUT2D eigenvalue weighted by Gasteiger charge is 2.47. The summed E-state index contributed by atoms with van der Waals surface area (Å²) in [5.41, 5.74) is 1.63. The van der Waals surface area contributed by atoms with Crippen molar-refractivity contribution in [2.45, 2.75) is 88.6 Å². The van der Waals surface area contributed by atoms with Crippen molar-refractivity contribution < 1.29 is 31.2 Å². The molecule has 1 aromatic carbocycles. The van der Waals surface area contributed by atoms with Gasteiger partial charge in [0.2, 0.25) is 22.4 Å². The van der Waals surface area contributed by atoms with Crippen LogP contribution < -0.4 is 10.6 Å². The molecule has 0 spiro atoms. The van der Waals surface area contributed by atoms with Crippen LogP contribution in [0.4, 0.5) is 18.9 Å². The molecule has 0 radical (unpaired) electrons. The summed E-state index contributed by atoms with van der Waals surface area (Å²) < 4.78 is 67.6. The molecule has 2 unspecified atom stereocenters. The molecule has 13 heteroatoms. The second kappa shape index (κ2) is 11.5. The Bertz CT molecular complexity index is 1200. The van der Waals surface area contributed by atoms with Crippen molar-refractivity contribution in [3.8, 4) is 0 Å². The Morgan fingerprint density at radius 3 is 2.38 bits per heavy atom. The van der Waals surface area contributed by atoms with Crippen LogP contribution >= 0.6 is 11.6 Å². The van der Waals surface area contributed by atoms with Crippen molar-refractivity contribution in [3.63, 3.8) is 0 Å². The molecule has 0 saturated carbocycles. The van der Waals surface area contributed by atoms with Crippen LogP contribution in [0.1, 0.15) is 67.3 Å². The van der Waals surface area contributed by atoms with E-state index in [0.29, 0.717) is 50.0 Å². The zero-order valence-electron chi connectivity index (χ0n) is 21.6. The number of nitrogens with zero attached hydrogens (tertiary/aromatic N) is 2. The normalized spacial score (nSPS) is 27.0. The zero-order valence-corrected chi connectivity index (χ0v) is 23.1. The maximum Gasteiger partial charge on any atom is 0.253 e. The summed E-state index contributed by atoms with van der Waals surface area (Å²) in [6.45, 7) is 0.724. The molecule has 0 aliphatic carbocycles. The lowest BCUT2D eigenvalue weighted by Crippen LogP contribution is -2.53. The van der Waals surface area contributed by atoms with E-state index in [1.165, 1.54) is 4.90 Å². The Kier molecular flexibility index (Phi) is 8.47. The number of amides is 2. The predicted molar refractivity (Wildman–Crippen MR) is 141 cm³/mol. The Morgan fingerprint density at radius 1 is 1.08 bits per heavy atom. The third-order valence-electron chi connectivity index (χ3n) is 8.50. The Morgan fingerprint density at radius 2 is 1.74 bits per heavy atom. The Hall–Kier alpha value is -1.89. The summed E-state index contributed by atoms with van der Waals surface area (Å²) in [6, 6.07) is 2.64. The maximum absolute atomic E-state index is 14.3. The first-order chi connectivity index (χ1) is 18.5. The minimum atomic E-state index is -3.55. The van der Waals surface area contributed by atoms with Gasteiger partial charge < -0.3 is 10.6 Å². The number of halogens is 4. The van der Waals surface area contributed by atoms with Crippen molar-refractivity contribution in [3.05, 3.63) is 28.3 Å². The summed E-state index contributed by atoms with van der Waals surface area (Å²) in [4.78, 5) is 26.2. The lowest BCUT2D eigenvalue weighted by Gasteiger charge is -2.40. The van der Waals surface area contributed by atoms with E-state index in [-0.39, 0.29) is 59.5 Å². The number of fused-ring (bicyclic) bond motifs is 3. The number of hydrogen-bond acceptors (Lipinski definition) is 5. The highest BCUT2D eigenvalue weighted by Crippen LogP contribution is 2.39. The largest absolute Gasteiger partial charge is 0.349 e. The molecule has 5 rings (SSSR count). The van der Waals surface area contributed by atoms with Gasteiger partial charge in [-0.25, -0.2) is 21.6 Å². The number of piperidine rings is 2. The van der Waals surface area contributed by atoms with Gasteiger partial charge >= 0.3 is 0 Å². The Balaban J connectivity index is 1.15. The van der Waals surface area contributed by atoms with Crippen molar-refractivity contribution in [2.24, 2.45) is 5.92 Å². The van der Waals surface area contributed by atoms with Gasteiger partial charge in [0.1, 0.15) is 0 Å². The van der Waals surface area contributed by atoms with Gasteiger partial charge in [0.15, 0.2) is 6.30 Å². The standard InChI is InChI=1S/C26H34ClF3N4O4S/c27-21-13-22-16(10-25(35)32-22)9-20(21)26(36)31-17-11-18-1-2-19(12-17)34(18)39(37,38)14-15-5-7-33(8-6-15)24(30)4-3-23(28)29/h9,13,15,17-19,23-24H,1-8,10-12,14H2,(H,31,36)(H,32,35)/t17?,18-,19+,24?. The van der Waals surface area contributed by atoms with E-state index in [9.17, 15) is 31.2 Å². The highest BCUT2D eigenvalue weighted by atomic mass is 35.5. The average molecular weight is 591 g/mol. The number of carbonyl (C=O) groups excluding carboxylic acids is 2. The van der Waals surface area contributed by atoms with Crippen LogP contribution in [0.3, 0.4) is 0 Å². The fourth-order valence-electron chi connectivity index (χ4n) is 6.62. The van der Waals surface area contributed by atoms with E-state index in [1.807, 2.05) is 0 Å². The monoisotopic (exact) mass is 590 g/mol. The van der Waals surface area contributed by atoms with Crippen LogP contribution in [0.25, 0.3) is 0 Å². The minimum absolute atomic E-state index is 0.00363. The molecule has 2 amide bonds. The molecule has 4 atom stereocenters. The van der Waals surface area contributed by atoms with Crippen LogP contribution in [0.2, 0.25) is 5.02 Å². The van der Waals surface area contributed by atoms with E-state index in [1.54, 1.807) is 16.4 Å². The topological polar surface area (TPSA) is 98.8 Å². The number of benzene rings is 1. The molecule has 2 N–H and O–H groups in total. The second-order valence-corrected chi connectivity index (χ2v) is 13.6. The summed E-state index contributed by atoms with van der Waals surface area (Å²) >= 11 is 6.31. The maximum atomic E-state index is 14.3. The van der Waals surface area contributed by atoms with Gasteiger partial charge in [-0.1, -0.05) is 11.6 Å². The second-order valence-electron chi connectivity index (χ2n) is 11.2. The minimum Gasteiger partial charge on any atom is -0.349 e. The first-order valence-corrected chi connectivity index (χ1v) is 15.6. The molecule has 3 fully saturated rings. The van der Waals surface area contributed by atoms with Crippen LogP contribution in [-0.4, -0.2) is 79.1 Å². The summed E-state index contributed by atoms with van der Waals surface area (Å²) in [7, 11) is -3.55. The highest BCUT2D eigenvalue weighted by molar-refractivity contribution is 7.89. The van der Waals surface area contributed by atoms with Crippen molar-refractivity contribution in [2.75, 3.05) is 24.2 Å². The molecule has 8 nitrogen and oxygen atoms in total. The van der Waals surface area contributed by atoms with Gasteiger partial charge in [-0.05, 0) is 68.6 Å². The van der Waals surface area contributed by atoms with Gasteiger partial charge in [0.05, 0.1) is 22.8 Å². The molecule has 216 valence electrons. The lowest BCUT2D eigenvalue weighted by atomic mass is 9.98. The molecule has 39 heavy (non-hydrogen) atoms. The molecular weight excluding hydrogens is 557 g/mol. The first kappa shape index (κ1) is 28.6. The van der Waals surface area contributed by atoms with Crippen molar-refractivity contribution in [1.29, 1.82) is 0 Å². The predicted octanol–water partition coefficient (Wildman–Crippen LogP) is 3.94. The number of nitrogens with one attached hydrogen (secondary N) is 2. The first-order valence-electron chi connectivity index (χ1n) is 13.6. The van der Waals surface area contributed by atoms with Gasteiger partial charge in [0.25, 0.3) is 5.91 Å². The number of alkyl halides is 3. The summed E-state index contributed by atoms with van der Waals surface area (Å²) in [5, 5.41) is 5.98. The number of sulfonamides is 1. The molecule has 3 saturated heterocycles. The number of carbonyl (C=O) groups is 2. The molecule has 4 aliphatic heterocycles. The van der Waals surface area contributed by atoms with Crippen LogP contribution in [0, 0.1) is 5.92 Å². The molecule has 1 aromatic rings. The van der Waals surface area contributed by atoms with Crippen LogP contribution in [0.15, 0.2) is 12.1 Å². The van der Waals surface area contributed by atoms with E-state index >= 15 is 0 Å². The number of rotatable bonds is 9. The third kappa shape index (κ3) is 6.39. The molecule has 4 heterocycles. The molecule has 4 aliphatic rings. The number of likely N-dealkylation sites (tertiary alicyclic amines) is 1. The number of hydrogen-bond donors (Lipinski definition) is 2. The average Bonchev–Trinajstić information content (AvgIpc) is 3.37. The van der Waals surface area contributed by atoms with Gasteiger partial charge in [-0.15, -0.1) is 0 Å². The lowest BCUT2D eigenvalue weighted by molar-refractivity contribution is -0.115. The van der Waals surface area contributed by atoms with Crippen LogP contribution in [-0.2, 0) is 21.2 Å². The molecular formula is C26H34ClF3N4O4S. The summed E-state index contributed by atoms with van der Waals surface area (Å²) in [6.07, 6.45) is -0.944. The zero-order chi connectivity index (χ0) is 27.9. The molecule has 0 aromatic heterocycles. The van der Waals surface area contributed by atoms with Crippen LogP contribution in [0.5, 0.6) is 0 Å². The van der Waals surface area contributed by atoms with E-state index in [0.717, 1.165) is 18.4 Å². The van der Waals surface area contributed by atoms with E-state index in [4.69, 9.17) is 11.6 Å². The fraction of sp³-hybridized carbons (Fsp3) is 0.692. The SMILES string of the molecule is O=C1Cc2cc(C(=O)NC3C[C@H]4CC[C@@H](C3)N4S(=O)(=O)CC3CCN(C(F)CCC(F)F)CC3)c(Cl)cc2N1. The van der Waals surface area contributed by atoms with E-state index < -0.39 is 29.2 Å². The van der Waals surface area contributed by atoms with Gasteiger partial charge in [-0.3, -0.25) is 14.5 Å². The quantitative estimate of drug-likeness (QED) is 0.425. The van der Waals surface area contributed by atoms with Gasteiger partial charge in [0, 0.05) is 43.3 Å². The molecule has 2 bridgehead atoms. The van der Waals surface area contributed by atoms with Crippen molar-refractivity contribution >= 4 is 39.1 Å². The van der Waals surface area contributed by atoms with E-state index in [2.05, 4.69) is 10.6 Å². The number of anilines is 1. The third-order valence-corrected chi connectivity index (χ3v) is 10.9. The smallest absolute Gasteiger partial charge is 0.253 e. The van der Waals surface area contributed by atoms with Gasteiger partial charge in [-0.2, -0.15) is 4.31 Å². The van der Waals surface area contributed by atoms with Crippen molar-refractivity contribution in [1.82, 2.24) is 14.5 Å². The fourth-order valence-corrected chi connectivity index (χ4v) is 9.26. The summed E-state index contributed by atoms with van der Waals surface area (Å²) in [5.74, 6) is -0.593.